The van der Waals surface area contributed by atoms with Crippen molar-refractivity contribution in [3.8, 4) is 0 Å². The molecule has 21 heavy (non-hydrogen) atoms. The second kappa shape index (κ2) is 6.57. The molecule has 2 N–H and O–H groups in total. The Morgan fingerprint density at radius 2 is 2.00 bits per heavy atom. The van der Waals surface area contributed by atoms with Crippen LogP contribution in [0.4, 0.5) is 5.69 Å². The van der Waals surface area contributed by atoms with Crippen LogP contribution in [0.15, 0.2) is 30.5 Å². The van der Waals surface area contributed by atoms with Crippen molar-refractivity contribution in [1.82, 2.24) is 9.78 Å². The summed E-state index contributed by atoms with van der Waals surface area (Å²) < 4.78 is 1.97. The van der Waals surface area contributed by atoms with Gasteiger partial charge in [0, 0.05) is 17.4 Å². The zero-order valence-electron chi connectivity index (χ0n) is 13.0. The standard InChI is InChI=1S/C17H23N3O/c1-4-15(5-2)20-9-8-14(19-20)11-17(21)13-6-7-16(18)12(3)10-13/h6-10,15H,4-5,11,18H2,1-3H3. The number of hydrogen-bond donors (Lipinski definition) is 1. The molecule has 1 aromatic carbocycles. The largest absolute Gasteiger partial charge is 0.399 e. The van der Waals surface area contributed by atoms with E-state index in [9.17, 15) is 4.79 Å². The first kappa shape index (κ1) is 15.3. The lowest BCUT2D eigenvalue weighted by atomic mass is 10.0. The third-order valence-corrected chi connectivity index (χ3v) is 3.91. The molecule has 2 rings (SSSR count). The fraction of sp³-hybridized carbons (Fsp3) is 0.412. The fourth-order valence-corrected chi connectivity index (χ4v) is 2.45. The maximum atomic E-state index is 12.3. The van der Waals surface area contributed by atoms with Crippen LogP contribution in [-0.4, -0.2) is 15.6 Å². The molecule has 0 radical (unpaired) electrons. The quantitative estimate of drug-likeness (QED) is 0.652. The third kappa shape index (κ3) is 3.51. The molecule has 1 heterocycles. The summed E-state index contributed by atoms with van der Waals surface area (Å²) in [7, 11) is 0. The average Bonchev–Trinajstić information content (AvgIpc) is 2.91. The number of hydrogen-bond acceptors (Lipinski definition) is 3. The number of nitrogens with zero attached hydrogens (tertiary/aromatic N) is 2. The van der Waals surface area contributed by atoms with Gasteiger partial charge in [0.1, 0.15) is 0 Å². The molecule has 2 aromatic rings. The molecule has 0 aliphatic carbocycles. The van der Waals surface area contributed by atoms with Crippen molar-refractivity contribution in [2.75, 3.05) is 5.73 Å². The van der Waals surface area contributed by atoms with E-state index in [-0.39, 0.29) is 5.78 Å². The molecule has 0 fully saturated rings. The lowest BCUT2D eigenvalue weighted by molar-refractivity contribution is 0.0991. The normalized spacial score (nSPS) is 11.0. The lowest BCUT2D eigenvalue weighted by Gasteiger charge is -2.12. The average molecular weight is 285 g/mol. The molecule has 4 heteroatoms. The van der Waals surface area contributed by atoms with E-state index >= 15 is 0 Å². The van der Waals surface area contributed by atoms with Crippen molar-refractivity contribution < 1.29 is 4.79 Å². The van der Waals surface area contributed by atoms with Gasteiger partial charge in [-0.3, -0.25) is 9.48 Å². The van der Waals surface area contributed by atoms with E-state index in [0.717, 1.165) is 24.1 Å². The molecule has 0 aliphatic heterocycles. The summed E-state index contributed by atoms with van der Waals surface area (Å²) in [5, 5.41) is 4.53. The van der Waals surface area contributed by atoms with Gasteiger partial charge >= 0.3 is 0 Å². The number of aromatic nitrogens is 2. The molecule has 0 spiro atoms. The van der Waals surface area contributed by atoms with Crippen LogP contribution < -0.4 is 5.73 Å². The second-order valence-corrected chi connectivity index (χ2v) is 5.43. The maximum absolute atomic E-state index is 12.3. The Morgan fingerprint density at radius 1 is 1.29 bits per heavy atom. The highest BCUT2D eigenvalue weighted by Gasteiger charge is 2.12. The van der Waals surface area contributed by atoms with Gasteiger partial charge in [-0.1, -0.05) is 13.8 Å². The number of ketones is 1. The summed E-state index contributed by atoms with van der Waals surface area (Å²) in [6.45, 7) is 6.21. The molecular weight excluding hydrogens is 262 g/mol. The van der Waals surface area contributed by atoms with E-state index < -0.39 is 0 Å². The Bertz CT molecular complexity index is 627. The first-order valence-electron chi connectivity index (χ1n) is 7.48. The van der Waals surface area contributed by atoms with Crippen molar-refractivity contribution in [2.45, 2.75) is 46.1 Å². The Labute approximate surface area is 126 Å². The lowest BCUT2D eigenvalue weighted by Crippen LogP contribution is -2.09. The molecule has 0 atom stereocenters. The van der Waals surface area contributed by atoms with Crippen LogP contribution in [0.1, 0.15) is 54.3 Å². The summed E-state index contributed by atoms with van der Waals surface area (Å²) in [5.74, 6) is 0.0768. The monoisotopic (exact) mass is 285 g/mol. The Hall–Kier alpha value is -2.10. The van der Waals surface area contributed by atoms with Gasteiger partial charge in [-0.05, 0) is 49.6 Å². The van der Waals surface area contributed by atoms with Gasteiger partial charge in [0.25, 0.3) is 0 Å². The Kier molecular flexibility index (Phi) is 4.78. The highest BCUT2D eigenvalue weighted by atomic mass is 16.1. The molecule has 112 valence electrons. The van der Waals surface area contributed by atoms with Crippen LogP contribution >= 0.6 is 0 Å². The molecule has 0 saturated heterocycles. The minimum Gasteiger partial charge on any atom is -0.399 e. The number of nitrogen functional groups attached to an aromatic ring is 1. The summed E-state index contributed by atoms with van der Waals surface area (Å²) in [6.07, 6.45) is 4.39. The number of benzene rings is 1. The van der Waals surface area contributed by atoms with E-state index in [4.69, 9.17) is 5.73 Å². The highest BCUT2D eigenvalue weighted by molar-refractivity contribution is 5.97. The number of carbonyl (C=O) groups excluding carboxylic acids is 1. The number of anilines is 1. The molecule has 0 aliphatic rings. The summed E-state index contributed by atoms with van der Waals surface area (Å²) >= 11 is 0. The van der Waals surface area contributed by atoms with E-state index in [1.165, 1.54) is 0 Å². The van der Waals surface area contributed by atoms with Crippen molar-refractivity contribution in [1.29, 1.82) is 0 Å². The van der Waals surface area contributed by atoms with Crippen LogP contribution in [0.25, 0.3) is 0 Å². The van der Waals surface area contributed by atoms with Crippen LogP contribution in [0.2, 0.25) is 0 Å². The molecule has 0 amide bonds. The molecule has 0 unspecified atom stereocenters. The first-order valence-corrected chi connectivity index (χ1v) is 7.48. The van der Waals surface area contributed by atoms with Crippen molar-refractivity contribution >= 4 is 11.5 Å². The third-order valence-electron chi connectivity index (χ3n) is 3.91. The first-order chi connectivity index (χ1) is 10.0. The van der Waals surface area contributed by atoms with Crippen LogP contribution in [-0.2, 0) is 6.42 Å². The van der Waals surface area contributed by atoms with Gasteiger partial charge in [0.05, 0.1) is 18.2 Å². The van der Waals surface area contributed by atoms with Gasteiger partial charge in [0.2, 0.25) is 0 Å². The Morgan fingerprint density at radius 3 is 2.62 bits per heavy atom. The number of rotatable bonds is 6. The van der Waals surface area contributed by atoms with Crippen molar-refractivity contribution in [3.05, 3.63) is 47.3 Å². The smallest absolute Gasteiger partial charge is 0.168 e. The number of aryl methyl sites for hydroxylation is 1. The van der Waals surface area contributed by atoms with E-state index in [2.05, 4.69) is 18.9 Å². The van der Waals surface area contributed by atoms with Crippen LogP contribution in [0.3, 0.4) is 0 Å². The van der Waals surface area contributed by atoms with E-state index in [1.54, 1.807) is 12.1 Å². The highest BCUT2D eigenvalue weighted by Crippen LogP contribution is 2.17. The topological polar surface area (TPSA) is 60.9 Å². The van der Waals surface area contributed by atoms with Crippen LogP contribution in [0, 0.1) is 6.92 Å². The van der Waals surface area contributed by atoms with Crippen molar-refractivity contribution in [3.63, 3.8) is 0 Å². The minimum absolute atomic E-state index is 0.0768. The molecule has 4 nitrogen and oxygen atoms in total. The van der Waals surface area contributed by atoms with E-state index in [0.29, 0.717) is 23.7 Å². The zero-order valence-corrected chi connectivity index (χ0v) is 13.0. The zero-order chi connectivity index (χ0) is 15.4. The van der Waals surface area contributed by atoms with Crippen molar-refractivity contribution in [2.24, 2.45) is 0 Å². The summed E-state index contributed by atoms with van der Waals surface area (Å²) in [4.78, 5) is 12.3. The molecule has 0 bridgehead atoms. The summed E-state index contributed by atoms with van der Waals surface area (Å²) in [5.41, 5.74) is 8.94. The SMILES string of the molecule is CCC(CC)n1ccc(CC(=O)c2ccc(N)c(C)c2)n1. The fourth-order valence-electron chi connectivity index (χ4n) is 2.45. The van der Waals surface area contributed by atoms with Gasteiger partial charge in [-0.25, -0.2) is 0 Å². The predicted octanol–water partition coefficient (Wildman–Crippen LogP) is 3.56. The second-order valence-electron chi connectivity index (χ2n) is 5.43. The molecule has 0 saturated carbocycles. The number of Topliss-reactive ketones (excluding diaryl/α,β-unsaturated/α-hetero) is 1. The minimum atomic E-state index is 0.0768. The molecule has 1 aromatic heterocycles. The van der Waals surface area contributed by atoms with Gasteiger partial charge in [-0.2, -0.15) is 5.10 Å². The molecular formula is C17H23N3O. The van der Waals surface area contributed by atoms with Gasteiger partial charge in [0.15, 0.2) is 5.78 Å². The maximum Gasteiger partial charge on any atom is 0.168 e. The van der Waals surface area contributed by atoms with Crippen LogP contribution in [0.5, 0.6) is 0 Å². The van der Waals surface area contributed by atoms with Gasteiger partial charge < -0.3 is 5.73 Å². The summed E-state index contributed by atoms with van der Waals surface area (Å²) in [6, 6.07) is 7.75. The van der Waals surface area contributed by atoms with Gasteiger partial charge in [-0.15, -0.1) is 0 Å². The Balaban J connectivity index is 2.11. The predicted molar refractivity (Wildman–Crippen MR) is 85.5 cm³/mol. The van der Waals surface area contributed by atoms with E-state index in [1.807, 2.05) is 29.9 Å². The number of nitrogens with two attached hydrogens (primary N) is 1. The number of carbonyl (C=O) groups is 1.